The van der Waals surface area contributed by atoms with Crippen LogP contribution in [0, 0.1) is 0 Å². The molecule has 6 heteroatoms. The number of nitrogens with two attached hydrogens (primary N) is 1. The molecule has 0 radical (unpaired) electrons. The van der Waals surface area contributed by atoms with Gasteiger partial charge in [0.15, 0.2) is 6.10 Å². The summed E-state index contributed by atoms with van der Waals surface area (Å²) in [5.41, 5.74) is 5.42. The molecule has 2 amide bonds. The Bertz CT molecular complexity index is 727. The summed E-state index contributed by atoms with van der Waals surface area (Å²) in [5, 5.41) is 4.39. The molecule has 0 aliphatic carbocycles. The molecule has 0 bridgehead atoms. The van der Waals surface area contributed by atoms with Gasteiger partial charge in [-0.15, -0.1) is 0 Å². The third-order valence-corrected chi connectivity index (χ3v) is 3.11. The molecular weight excluding hydrogens is 284 g/mol. The first-order valence-electron chi connectivity index (χ1n) is 6.73. The number of hydrogen-bond donors (Lipinski definition) is 2. The third-order valence-electron chi connectivity index (χ3n) is 3.11. The molecule has 2 aromatic carbocycles. The summed E-state index contributed by atoms with van der Waals surface area (Å²) < 4.78 is 4.74. The molecule has 22 heavy (non-hydrogen) atoms. The molecule has 0 spiro atoms. The summed E-state index contributed by atoms with van der Waals surface area (Å²) in [6.45, 7) is 1.04. The minimum atomic E-state index is -1.02. The second kappa shape index (κ2) is 6.71. The van der Waals surface area contributed by atoms with Crippen LogP contribution in [-0.4, -0.2) is 30.4 Å². The smallest absolute Gasteiger partial charge is 0.326 e. The Labute approximate surface area is 127 Å². The van der Waals surface area contributed by atoms with E-state index in [1.807, 2.05) is 30.3 Å². The van der Waals surface area contributed by atoms with Crippen LogP contribution >= 0.6 is 0 Å². The normalized spacial score (nSPS) is 11.7. The molecule has 0 saturated carbocycles. The molecule has 6 nitrogen and oxygen atoms in total. The number of carbonyl (C=O) groups is 3. The maximum absolute atomic E-state index is 12.0. The van der Waals surface area contributed by atoms with E-state index in [-0.39, 0.29) is 6.54 Å². The number of primary amides is 1. The number of ether oxygens (including phenoxy) is 1. The highest BCUT2D eigenvalue weighted by Gasteiger charge is 2.15. The molecule has 0 saturated heterocycles. The third kappa shape index (κ3) is 3.82. The maximum atomic E-state index is 12.0. The number of esters is 1. The van der Waals surface area contributed by atoms with Gasteiger partial charge in [-0.05, 0) is 29.8 Å². The molecule has 2 aromatic rings. The van der Waals surface area contributed by atoms with Gasteiger partial charge in [-0.1, -0.05) is 30.3 Å². The standard InChI is InChI=1S/C16H16N2O4/c1-10(15(17)20)22-14(19)9-18-16(21)13-7-6-11-4-2-3-5-12(11)8-13/h2-8,10H,9H2,1H3,(H2,17,20)(H,18,21)/t10-/m0/s1. The number of hydrogen-bond acceptors (Lipinski definition) is 4. The predicted octanol–water partition coefficient (Wildman–Crippen LogP) is 0.987. The van der Waals surface area contributed by atoms with Crippen molar-refractivity contribution in [3.05, 3.63) is 48.0 Å². The summed E-state index contributed by atoms with van der Waals surface area (Å²) in [5.74, 6) is -1.86. The van der Waals surface area contributed by atoms with Crippen LogP contribution in [0.4, 0.5) is 0 Å². The summed E-state index contributed by atoms with van der Waals surface area (Å²) >= 11 is 0. The first kappa shape index (κ1) is 15.5. The van der Waals surface area contributed by atoms with E-state index in [0.29, 0.717) is 5.56 Å². The highest BCUT2D eigenvalue weighted by atomic mass is 16.5. The predicted molar refractivity (Wildman–Crippen MR) is 81.0 cm³/mol. The van der Waals surface area contributed by atoms with Gasteiger partial charge < -0.3 is 15.8 Å². The average Bonchev–Trinajstić information content (AvgIpc) is 2.52. The van der Waals surface area contributed by atoms with Crippen molar-refractivity contribution in [2.45, 2.75) is 13.0 Å². The van der Waals surface area contributed by atoms with Gasteiger partial charge in [0.25, 0.3) is 11.8 Å². The first-order chi connectivity index (χ1) is 10.5. The lowest BCUT2D eigenvalue weighted by Gasteiger charge is -2.10. The monoisotopic (exact) mass is 300 g/mol. The van der Waals surface area contributed by atoms with Crippen LogP contribution in [0.15, 0.2) is 42.5 Å². The Morgan fingerprint density at radius 2 is 1.82 bits per heavy atom. The fourth-order valence-electron chi connectivity index (χ4n) is 1.88. The van der Waals surface area contributed by atoms with Gasteiger partial charge in [-0.3, -0.25) is 14.4 Å². The number of amides is 2. The molecule has 3 N–H and O–H groups in total. The van der Waals surface area contributed by atoms with Gasteiger partial charge in [0.05, 0.1) is 0 Å². The molecule has 0 aromatic heterocycles. The summed E-state index contributed by atoms with van der Waals surface area (Å²) in [6, 6.07) is 12.9. The van der Waals surface area contributed by atoms with Crippen LogP contribution in [0.3, 0.4) is 0 Å². The second-order valence-electron chi connectivity index (χ2n) is 4.78. The van der Waals surface area contributed by atoms with E-state index >= 15 is 0 Å². The molecule has 0 aliphatic rings. The van der Waals surface area contributed by atoms with E-state index in [9.17, 15) is 14.4 Å². The van der Waals surface area contributed by atoms with Gasteiger partial charge >= 0.3 is 5.97 Å². The van der Waals surface area contributed by atoms with E-state index in [1.54, 1.807) is 12.1 Å². The van der Waals surface area contributed by atoms with Gasteiger partial charge in [0.1, 0.15) is 6.54 Å². The molecule has 0 aliphatic heterocycles. The van der Waals surface area contributed by atoms with Crippen molar-refractivity contribution in [1.29, 1.82) is 0 Å². The molecule has 0 heterocycles. The van der Waals surface area contributed by atoms with Gasteiger partial charge in [-0.25, -0.2) is 0 Å². The van der Waals surface area contributed by atoms with Crippen LogP contribution in [0.25, 0.3) is 10.8 Å². The van der Waals surface area contributed by atoms with Crippen molar-refractivity contribution in [3.8, 4) is 0 Å². The number of carbonyl (C=O) groups excluding carboxylic acids is 3. The van der Waals surface area contributed by atoms with E-state index in [4.69, 9.17) is 10.5 Å². The Morgan fingerprint density at radius 3 is 2.50 bits per heavy atom. The van der Waals surface area contributed by atoms with Crippen LogP contribution in [0.2, 0.25) is 0 Å². The topological polar surface area (TPSA) is 98.5 Å². The minimum Gasteiger partial charge on any atom is -0.451 e. The van der Waals surface area contributed by atoms with Crippen molar-refractivity contribution >= 4 is 28.6 Å². The number of rotatable bonds is 5. The molecule has 0 fully saturated rings. The van der Waals surface area contributed by atoms with E-state index in [2.05, 4.69) is 5.32 Å². The highest BCUT2D eigenvalue weighted by molar-refractivity contribution is 5.99. The largest absolute Gasteiger partial charge is 0.451 e. The van der Waals surface area contributed by atoms with Gasteiger partial charge in [0, 0.05) is 5.56 Å². The molecule has 2 rings (SSSR count). The van der Waals surface area contributed by atoms with Crippen molar-refractivity contribution in [3.63, 3.8) is 0 Å². The summed E-state index contributed by atoms with van der Waals surface area (Å²) in [4.78, 5) is 34.2. The van der Waals surface area contributed by atoms with Crippen molar-refractivity contribution in [2.24, 2.45) is 5.73 Å². The second-order valence-corrected chi connectivity index (χ2v) is 4.78. The van der Waals surface area contributed by atoms with Crippen LogP contribution in [0.5, 0.6) is 0 Å². The average molecular weight is 300 g/mol. The lowest BCUT2D eigenvalue weighted by atomic mass is 10.1. The lowest BCUT2D eigenvalue weighted by molar-refractivity contribution is -0.152. The molecule has 0 unspecified atom stereocenters. The fraction of sp³-hybridized carbons (Fsp3) is 0.188. The lowest BCUT2D eigenvalue weighted by Crippen LogP contribution is -2.36. The molecule has 1 atom stereocenters. The van der Waals surface area contributed by atoms with Crippen molar-refractivity contribution in [1.82, 2.24) is 5.32 Å². The first-order valence-corrected chi connectivity index (χ1v) is 6.73. The molecular formula is C16H16N2O4. The molecule has 114 valence electrons. The summed E-state index contributed by atoms with van der Waals surface area (Å²) in [7, 11) is 0. The summed E-state index contributed by atoms with van der Waals surface area (Å²) in [6.07, 6.45) is -1.02. The Kier molecular flexibility index (Phi) is 4.73. The maximum Gasteiger partial charge on any atom is 0.326 e. The van der Waals surface area contributed by atoms with Gasteiger partial charge in [-0.2, -0.15) is 0 Å². The quantitative estimate of drug-likeness (QED) is 0.804. The van der Waals surface area contributed by atoms with E-state index < -0.39 is 23.9 Å². The SMILES string of the molecule is C[C@H](OC(=O)CNC(=O)c1ccc2ccccc2c1)C(N)=O. The zero-order chi connectivity index (χ0) is 16.1. The number of benzene rings is 2. The van der Waals surface area contributed by atoms with E-state index in [0.717, 1.165) is 10.8 Å². The van der Waals surface area contributed by atoms with Gasteiger partial charge in [0.2, 0.25) is 0 Å². The number of fused-ring (bicyclic) bond motifs is 1. The fourth-order valence-corrected chi connectivity index (χ4v) is 1.88. The Balaban J connectivity index is 1.96. The zero-order valence-corrected chi connectivity index (χ0v) is 12.0. The zero-order valence-electron chi connectivity index (χ0n) is 12.0. The Morgan fingerprint density at radius 1 is 1.14 bits per heavy atom. The number of nitrogens with one attached hydrogen (secondary N) is 1. The minimum absolute atomic E-state index is 0.330. The van der Waals surface area contributed by atoms with Crippen LogP contribution < -0.4 is 11.1 Å². The van der Waals surface area contributed by atoms with E-state index in [1.165, 1.54) is 6.92 Å². The van der Waals surface area contributed by atoms with Crippen molar-refractivity contribution in [2.75, 3.05) is 6.54 Å². The Hall–Kier alpha value is -2.89. The van der Waals surface area contributed by atoms with Crippen LogP contribution in [0.1, 0.15) is 17.3 Å². The highest BCUT2D eigenvalue weighted by Crippen LogP contribution is 2.15. The van der Waals surface area contributed by atoms with Crippen molar-refractivity contribution < 1.29 is 19.1 Å². The van der Waals surface area contributed by atoms with Crippen LogP contribution in [-0.2, 0) is 14.3 Å².